The molecule has 1 aromatic heterocycles. The summed E-state index contributed by atoms with van der Waals surface area (Å²) < 4.78 is 5.57. The normalized spacial score (nSPS) is 22.1. The lowest BCUT2D eigenvalue weighted by Gasteiger charge is -2.26. The highest BCUT2D eigenvalue weighted by atomic mass is 16.5. The van der Waals surface area contributed by atoms with Gasteiger partial charge in [-0.15, -0.1) is 0 Å². The summed E-state index contributed by atoms with van der Waals surface area (Å²) in [4.78, 5) is 12.9. The van der Waals surface area contributed by atoms with Gasteiger partial charge in [0.1, 0.15) is 0 Å². The molecule has 1 heterocycles. The van der Waals surface area contributed by atoms with E-state index in [2.05, 4.69) is 25.6 Å². The first-order valence-electron chi connectivity index (χ1n) is 7.68. The molecule has 0 spiro atoms. The van der Waals surface area contributed by atoms with E-state index in [-0.39, 0.29) is 18.2 Å². The fourth-order valence-corrected chi connectivity index (χ4v) is 2.32. The monoisotopic (exact) mass is 295 g/mol. The average molecular weight is 295 g/mol. The molecule has 1 fully saturated rings. The van der Waals surface area contributed by atoms with Gasteiger partial charge in [-0.3, -0.25) is 0 Å². The maximum atomic E-state index is 9.55. The summed E-state index contributed by atoms with van der Waals surface area (Å²) in [7, 11) is 0. The molecular weight excluding hydrogens is 270 g/mol. The van der Waals surface area contributed by atoms with Crippen molar-refractivity contribution in [2.45, 2.75) is 64.7 Å². The SMILES string of the molecule is CCNc1nc(NC2CCC(O)CC2)nc(OC(C)C)n1. The van der Waals surface area contributed by atoms with Crippen LogP contribution in [0.4, 0.5) is 11.9 Å². The Balaban J connectivity index is 2.07. The lowest BCUT2D eigenvalue weighted by molar-refractivity contribution is 0.126. The molecule has 0 atom stereocenters. The molecular formula is C14H25N5O2. The quantitative estimate of drug-likeness (QED) is 0.737. The van der Waals surface area contributed by atoms with Crippen molar-refractivity contribution in [3.05, 3.63) is 0 Å². The largest absolute Gasteiger partial charge is 0.461 e. The van der Waals surface area contributed by atoms with Crippen molar-refractivity contribution in [1.82, 2.24) is 15.0 Å². The summed E-state index contributed by atoms with van der Waals surface area (Å²) in [6, 6.07) is 0.617. The maximum Gasteiger partial charge on any atom is 0.323 e. The number of nitrogens with one attached hydrogen (secondary N) is 2. The Labute approximate surface area is 125 Å². The van der Waals surface area contributed by atoms with Crippen LogP contribution in [0.15, 0.2) is 0 Å². The smallest absolute Gasteiger partial charge is 0.323 e. The second-order valence-electron chi connectivity index (χ2n) is 5.61. The Bertz CT molecular complexity index is 447. The Kier molecular flexibility index (Phi) is 5.55. The van der Waals surface area contributed by atoms with Gasteiger partial charge in [0.05, 0.1) is 12.2 Å². The number of ether oxygens (including phenoxy) is 1. The van der Waals surface area contributed by atoms with Crippen LogP contribution in [0.25, 0.3) is 0 Å². The molecule has 7 nitrogen and oxygen atoms in total. The fourth-order valence-electron chi connectivity index (χ4n) is 2.32. The number of rotatable bonds is 6. The van der Waals surface area contributed by atoms with E-state index in [0.717, 1.165) is 32.2 Å². The van der Waals surface area contributed by atoms with E-state index in [1.165, 1.54) is 0 Å². The van der Waals surface area contributed by atoms with Gasteiger partial charge in [-0.25, -0.2) is 0 Å². The summed E-state index contributed by atoms with van der Waals surface area (Å²) >= 11 is 0. The Hall–Kier alpha value is -1.63. The van der Waals surface area contributed by atoms with E-state index in [4.69, 9.17) is 4.74 Å². The first kappa shape index (κ1) is 15.8. The van der Waals surface area contributed by atoms with Gasteiger partial charge in [0.25, 0.3) is 0 Å². The van der Waals surface area contributed by atoms with Gasteiger partial charge in [-0.2, -0.15) is 15.0 Å². The van der Waals surface area contributed by atoms with E-state index in [0.29, 0.717) is 17.9 Å². The number of aliphatic hydroxyl groups excluding tert-OH is 1. The van der Waals surface area contributed by atoms with E-state index in [1.54, 1.807) is 0 Å². The van der Waals surface area contributed by atoms with E-state index in [1.807, 2.05) is 20.8 Å². The number of aromatic nitrogens is 3. The molecule has 0 aromatic carbocycles. The van der Waals surface area contributed by atoms with Gasteiger partial charge in [0.15, 0.2) is 0 Å². The number of aliphatic hydroxyl groups is 1. The summed E-state index contributed by atoms with van der Waals surface area (Å²) in [6.45, 7) is 6.60. The highest BCUT2D eigenvalue weighted by Gasteiger charge is 2.20. The zero-order chi connectivity index (χ0) is 15.2. The number of anilines is 2. The molecule has 2 rings (SSSR count). The Morgan fingerprint density at radius 2 is 1.81 bits per heavy atom. The summed E-state index contributed by atoms with van der Waals surface area (Å²) in [5.74, 6) is 1.04. The summed E-state index contributed by atoms with van der Waals surface area (Å²) in [5.41, 5.74) is 0. The van der Waals surface area contributed by atoms with Crippen molar-refractivity contribution in [1.29, 1.82) is 0 Å². The summed E-state index contributed by atoms with van der Waals surface area (Å²) in [6.07, 6.45) is 3.32. The van der Waals surface area contributed by atoms with Crippen molar-refractivity contribution in [3.8, 4) is 6.01 Å². The molecule has 1 saturated carbocycles. The lowest BCUT2D eigenvalue weighted by Crippen LogP contribution is -2.29. The van der Waals surface area contributed by atoms with Crippen molar-refractivity contribution < 1.29 is 9.84 Å². The molecule has 0 saturated heterocycles. The molecule has 1 aliphatic rings. The Morgan fingerprint density at radius 1 is 1.14 bits per heavy atom. The molecule has 0 radical (unpaired) electrons. The molecule has 0 amide bonds. The first-order valence-corrected chi connectivity index (χ1v) is 7.68. The molecule has 7 heteroatoms. The molecule has 1 aliphatic carbocycles. The maximum absolute atomic E-state index is 9.55. The number of hydrogen-bond acceptors (Lipinski definition) is 7. The van der Waals surface area contributed by atoms with Gasteiger partial charge in [0, 0.05) is 12.6 Å². The molecule has 0 aliphatic heterocycles. The van der Waals surface area contributed by atoms with Gasteiger partial charge in [-0.1, -0.05) is 0 Å². The zero-order valence-corrected chi connectivity index (χ0v) is 13.0. The second-order valence-corrected chi connectivity index (χ2v) is 5.61. The van der Waals surface area contributed by atoms with Crippen LogP contribution in [0.5, 0.6) is 6.01 Å². The minimum absolute atomic E-state index is 0.0135. The van der Waals surface area contributed by atoms with Crippen LogP contribution >= 0.6 is 0 Å². The third-order valence-corrected chi connectivity index (χ3v) is 3.32. The minimum Gasteiger partial charge on any atom is -0.461 e. The average Bonchev–Trinajstić information content (AvgIpc) is 2.41. The van der Waals surface area contributed by atoms with Crippen molar-refractivity contribution in [2.24, 2.45) is 0 Å². The molecule has 0 unspecified atom stereocenters. The topological polar surface area (TPSA) is 92.2 Å². The van der Waals surface area contributed by atoms with Crippen LogP contribution < -0.4 is 15.4 Å². The first-order chi connectivity index (χ1) is 10.1. The van der Waals surface area contributed by atoms with Crippen LogP contribution in [0.3, 0.4) is 0 Å². The predicted molar refractivity (Wildman–Crippen MR) is 81.6 cm³/mol. The van der Waals surface area contributed by atoms with E-state index >= 15 is 0 Å². The van der Waals surface area contributed by atoms with Crippen LogP contribution in [-0.2, 0) is 0 Å². The van der Waals surface area contributed by atoms with E-state index < -0.39 is 0 Å². The zero-order valence-electron chi connectivity index (χ0n) is 13.0. The van der Waals surface area contributed by atoms with Crippen LogP contribution in [0, 0.1) is 0 Å². The third-order valence-electron chi connectivity index (χ3n) is 3.32. The van der Waals surface area contributed by atoms with Gasteiger partial charge >= 0.3 is 6.01 Å². The number of hydrogen-bond donors (Lipinski definition) is 3. The molecule has 3 N–H and O–H groups in total. The van der Waals surface area contributed by atoms with Crippen LogP contribution in [0.2, 0.25) is 0 Å². The lowest BCUT2D eigenvalue weighted by atomic mass is 9.93. The highest BCUT2D eigenvalue weighted by molar-refractivity contribution is 5.36. The van der Waals surface area contributed by atoms with Gasteiger partial charge in [-0.05, 0) is 46.5 Å². The highest BCUT2D eigenvalue weighted by Crippen LogP contribution is 2.22. The van der Waals surface area contributed by atoms with Crippen LogP contribution in [-0.4, -0.2) is 44.9 Å². The minimum atomic E-state index is -0.168. The Morgan fingerprint density at radius 3 is 2.43 bits per heavy atom. The molecule has 0 bridgehead atoms. The van der Waals surface area contributed by atoms with E-state index in [9.17, 15) is 5.11 Å². The summed E-state index contributed by atoms with van der Waals surface area (Å²) in [5, 5.41) is 16.0. The van der Waals surface area contributed by atoms with Gasteiger partial charge in [0.2, 0.25) is 11.9 Å². The van der Waals surface area contributed by atoms with Crippen molar-refractivity contribution in [2.75, 3.05) is 17.2 Å². The number of nitrogens with zero attached hydrogens (tertiary/aromatic N) is 3. The van der Waals surface area contributed by atoms with Crippen LogP contribution in [0.1, 0.15) is 46.5 Å². The molecule has 1 aromatic rings. The molecule has 118 valence electrons. The fraction of sp³-hybridized carbons (Fsp3) is 0.786. The molecule has 21 heavy (non-hydrogen) atoms. The van der Waals surface area contributed by atoms with Crippen molar-refractivity contribution in [3.63, 3.8) is 0 Å². The third kappa shape index (κ3) is 5.00. The predicted octanol–water partition coefficient (Wildman–Crippen LogP) is 1.81. The standard InChI is InChI=1S/C14H25N5O2/c1-4-15-12-17-13(19-14(18-12)21-9(2)3)16-10-5-7-11(20)8-6-10/h9-11,20H,4-8H2,1-3H3,(H2,15,16,17,18,19). The van der Waals surface area contributed by atoms with Gasteiger partial charge < -0.3 is 20.5 Å². The van der Waals surface area contributed by atoms with Crippen molar-refractivity contribution >= 4 is 11.9 Å². The second kappa shape index (κ2) is 7.40.